The van der Waals surface area contributed by atoms with Gasteiger partial charge in [0, 0.05) is 46.7 Å². The molecule has 2 aromatic carbocycles. The Morgan fingerprint density at radius 2 is 1.70 bits per heavy atom. The fraction of sp³-hybridized carbons (Fsp3) is 0.231. The van der Waals surface area contributed by atoms with Gasteiger partial charge >= 0.3 is 0 Å². The lowest BCUT2D eigenvalue weighted by Crippen LogP contribution is -2.26. The van der Waals surface area contributed by atoms with Crippen LogP contribution in [0.4, 0.5) is 0 Å². The van der Waals surface area contributed by atoms with Crippen LogP contribution in [0, 0.1) is 5.92 Å². The van der Waals surface area contributed by atoms with Crippen molar-refractivity contribution in [2.75, 3.05) is 6.54 Å². The second-order valence-electron chi connectivity index (χ2n) is 8.77. The molecule has 0 spiro atoms. The molecular weight excluding hydrogens is 436 g/mol. The predicted molar refractivity (Wildman–Crippen MR) is 133 cm³/mol. The number of carbonyl (C=O) groups is 2. The smallest absolute Gasteiger partial charge is 0.261 e. The van der Waals surface area contributed by atoms with E-state index >= 15 is 0 Å². The molecule has 33 heavy (non-hydrogen) atoms. The first-order valence-electron chi connectivity index (χ1n) is 11.0. The maximum Gasteiger partial charge on any atom is 0.261 e. The van der Waals surface area contributed by atoms with Gasteiger partial charge in [-0.3, -0.25) is 14.9 Å². The molecule has 0 saturated carbocycles. The Hall–Kier alpha value is -3.35. The molecule has 2 aliphatic heterocycles. The number of fused-ring (bicyclic) bond motifs is 4. The van der Waals surface area contributed by atoms with Crippen molar-refractivity contribution in [1.29, 1.82) is 0 Å². The van der Waals surface area contributed by atoms with Gasteiger partial charge in [-0.05, 0) is 43.5 Å². The van der Waals surface area contributed by atoms with E-state index in [1.165, 1.54) is 0 Å². The third-order valence-corrected chi connectivity index (χ3v) is 7.04. The number of nitrogens with zero attached hydrogens (tertiary/aromatic N) is 2. The molecule has 6 rings (SSSR count). The molecule has 0 bridgehead atoms. The lowest BCUT2D eigenvalue weighted by molar-refractivity contribution is -0.122. The zero-order valence-electron chi connectivity index (χ0n) is 18.3. The van der Waals surface area contributed by atoms with Crippen LogP contribution in [0.2, 0.25) is 0 Å². The highest BCUT2D eigenvalue weighted by molar-refractivity contribution is 6.50. The summed E-state index contributed by atoms with van der Waals surface area (Å²) < 4.78 is 4.30. The highest BCUT2D eigenvalue weighted by atomic mass is 35.5. The van der Waals surface area contributed by atoms with Crippen LogP contribution >= 0.6 is 12.4 Å². The van der Waals surface area contributed by atoms with Crippen LogP contribution in [0.5, 0.6) is 0 Å². The van der Waals surface area contributed by atoms with Gasteiger partial charge in [-0.2, -0.15) is 0 Å². The highest BCUT2D eigenvalue weighted by Gasteiger charge is 2.38. The van der Waals surface area contributed by atoms with Crippen molar-refractivity contribution in [2.24, 2.45) is 18.7 Å². The molecule has 0 saturated heterocycles. The normalized spacial score (nSPS) is 18.1. The second kappa shape index (κ2) is 7.90. The van der Waals surface area contributed by atoms with E-state index in [1.54, 1.807) is 0 Å². The van der Waals surface area contributed by atoms with Gasteiger partial charge in [0.15, 0.2) is 0 Å². The molecule has 1 unspecified atom stereocenters. The maximum atomic E-state index is 13.2. The molecule has 1 atom stereocenters. The van der Waals surface area contributed by atoms with E-state index in [-0.39, 0.29) is 24.2 Å². The average Bonchev–Trinajstić information content (AvgIpc) is 3.41. The molecule has 4 aromatic rings. The second-order valence-corrected chi connectivity index (χ2v) is 8.77. The Kier molecular flexibility index (Phi) is 5.15. The van der Waals surface area contributed by atoms with Crippen molar-refractivity contribution in [3.63, 3.8) is 0 Å². The van der Waals surface area contributed by atoms with Crippen LogP contribution in [-0.2, 0) is 29.6 Å². The number of halogens is 1. The van der Waals surface area contributed by atoms with Crippen molar-refractivity contribution in [3.05, 3.63) is 71.5 Å². The molecule has 2 amide bonds. The summed E-state index contributed by atoms with van der Waals surface area (Å²) in [6.45, 7) is 1.48. The molecule has 4 heterocycles. The topological polar surface area (TPSA) is 82.0 Å². The van der Waals surface area contributed by atoms with E-state index in [0.29, 0.717) is 23.6 Å². The highest BCUT2D eigenvalue weighted by Crippen LogP contribution is 2.41. The van der Waals surface area contributed by atoms with Crippen LogP contribution in [0.3, 0.4) is 0 Å². The van der Waals surface area contributed by atoms with Crippen molar-refractivity contribution < 1.29 is 9.59 Å². The molecule has 0 radical (unpaired) electrons. The summed E-state index contributed by atoms with van der Waals surface area (Å²) >= 11 is 0. The Morgan fingerprint density at radius 3 is 2.45 bits per heavy atom. The minimum Gasteiger partial charge on any atom is -0.344 e. The van der Waals surface area contributed by atoms with Crippen molar-refractivity contribution in [3.8, 4) is 0 Å². The first-order valence-corrected chi connectivity index (χ1v) is 11.0. The summed E-state index contributed by atoms with van der Waals surface area (Å²) in [5, 5.41) is 4.62. The monoisotopic (exact) mass is 460 g/mol. The lowest BCUT2D eigenvalue weighted by atomic mass is 9.90. The molecule has 2 aliphatic rings. The van der Waals surface area contributed by atoms with E-state index in [4.69, 9.17) is 5.73 Å². The molecule has 0 fully saturated rings. The summed E-state index contributed by atoms with van der Waals surface area (Å²) in [6.07, 6.45) is 1.82. The number of benzene rings is 2. The van der Waals surface area contributed by atoms with E-state index in [0.717, 1.165) is 58.1 Å². The van der Waals surface area contributed by atoms with Gasteiger partial charge in [-0.15, -0.1) is 12.4 Å². The quantitative estimate of drug-likeness (QED) is 0.458. The van der Waals surface area contributed by atoms with Gasteiger partial charge < -0.3 is 14.9 Å². The number of hydrogen-bond acceptors (Lipinski definition) is 3. The molecular formula is C26H25ClN4O2. The molecule has 168 valence electrons. The number of hydrogen-bond donors (Lipinski definition) is 2. The number of aromatic nitrogens is 2. The minimum absolute atomic E-state index is 0. The first-order chi connectivity index (χ1) is 15.6. The lowest BCUT2D eigenvalue weighted by Gasteiger charge is -2.25. The van der Waals surface area contributed by atoms with Crippen molar-refractivity contribution >= 4 is 57.2 Å². The Balaban J connectivity index is 0.00000228. The number of nitrogens with one attached hydrogen (secondary N) is 1. The molecule has 3 N–H and O–H groups in total. The fourth-order valence-corrected chi connectivity index (χ4v) is 5.46. The number of rotatable bonds is 3. The van der Waals surface area contributed by atoms with Crippen LogP contribution in [0.1, 0.15) is 23.4 Å². The van der Waals surface area contributed by atoms with Gasteiger partial charge in [-0.1, -0.05) is 36.4 Å². The fourth-order valence-electron chi connectivity index (χ4n) is 5.46. The first kappa shape index (κ1) is 21.5. The van der Waals surface area contributed by atoms with Crippen molar-refractivity contribution in [2.45, 2.75) is 19.4 Å². The minimum atomic E-state index is -0.342. The van der Waals surface area contributed by atoms with Gasteiger partial charge in [0.05, 0.1) is 16.8 Å². The summed E-state index contributed by atoms with van der Waals surface area (Å²) in [5.74, 6) is -0.303. The standard InChI is InChI=1S/C26H24N4O2.ClH/c1-29-18-8-4-2-6-16(18)13-20(29)23-24(26(32)28-25(23)31)22-17-7-3-5-9-19(17)30-11-10-15(14-27)12-21(22)30;/h2-9,13,15H,10-12,14,27H2,1H3,(H,28,31,32);1H. The van der Waals surface area contributed by atoms with E-state index < -0.39 is 0 Å². The molecule has 0 aliphatic carbocycles. The Morgan fingerprint density at radius 1 is 1.00 bits per heavy atom. The van der Waals surface area contributed by atoms with Crippen LogP contribution in [-0.4, -0.2) is 27.5 Å². The molecule has 7 heteroatoms. The molecule has 6 nitrogen and oxygen atoms in total. The third-order valence-electron chi connectivity index (χ3n) is 7.04. The zero-order chi connectivity index (χ0) is 22.0. The zero-order valence-corrected chi connectivity index (χ0v) is 19.1. The number of amides is 2. The van der Waals surface area contributed by atoms with Gasteiger partial charge in [0.25, 0.3) is 11.8 Å². The van der Waals surface area contributed by atoms with Crippen LogP contribution in [0.25, 0.3) is 33.0 Å². The number of nitrogens with two attached hydrogens (primary N) is 1. The summed E-state index contributed by atoms with van der Waals surface area (Å²) in [6, 6.07) is 18.2. The van der Waals surface area contributed by atoms with E-state index in [9.17, 15) is 9.59 Å². The Bertz CT molecular complexity index is 1480. The summed E-state index contributed by atoms with van der Waals surface area (Å²) in [5.41, 5.74) is 11.8. The number of carbonyl (C=O) groups excluding carboxylic acids is 2. The summed E-state index contributed by atoms with van der Waals surface area (Å²) in [4.78, 5) is 26.4. The number of aryl methyl sites for hydroxylation is 2. The summed E-state index contributed by atoms with van der Waals surface area (Å²) in [7, 11) is 1.94. The average molecular weight is 461 g/mol. The van der Waals surface area contributed by atoms with Gasteiger partial charge in [-0.25, -0.2) is 0 Å². The predicted octanol–water partition coefficient (Wildman–Crippen LogP) is 3.64. The van der Waals surface area contributed by atoms with Crippen LogP contribution in [0.15, 0.2) is 54.6 Å². The number of imide groups is 1. The van der Waals surface area contributed by atoms with E-state index in [2.05, 4.69) is 22.0 Å². The van der Waals surface area contributed by atoms with Gasteiger partial charge in [0.2, 0.25) is 0 Å². The van der Waals surface area contributed by atoms with Crippen molar-refractivity contribution in [1.82, 2.24) is 14.5 Å². The maximum absolute atomic E-state index is 13.2. The van der Waals surface area contributed by atoms with Crippen LogP contribution < -0.4 is 11.1 Å². The van der Waals surface area contributed by atoms with Gasteiger partial charge in [0.1, 0.15) is 0 Å². The van der Waals surface area contributed by atoms with E-state index in [1.807, 2.05) is 54.1 Å². The Labute approximate surface area is 197 Å². The molecule has 2 aromatic heterocycles. The third kappa shape index (κ3) is 3.05. The SMILES string of the molecule is Cl.Cn1c(C2=C(c3c4n(c5ccccc35)CCC(CN)C4)C(=O)NC2=O)cc2ccccc21. The largest absolute Gasteiger partial charge is 0.344 e. The number of para-hydroxylation sites is 2.